The highest BCUT2D eigenvalue weighted by molar-refractivity contribution is 5.20. The Morgan fingerprint density at radius 3 is 2.50 bits per heavy atom. The largest absolute Gasteiger partial charge is 0.307 e. The van der Waals surface area contributed by atoms with Crippen molar-refractivity contribution in [3.63, 3.8) is 0 Å². The van der Waals surface area contributed by atoms with Gasteiger partial charge in [0.25, 0.3) is 0 Å². The van der Waals surface area contributed by atoms with E-state index in [1.54, 1.807) is 0 Å². The average molecular weight is 274 g/mol. The van der Waals surface area contributed by atoms with E-state index in [0.717, 1.165) is 19.0 Å². The molecule has 0 spiro atoms. The fourth-order valence-electron chi connectivity index (χ4n) is 3.15. The molecule has 0 aromatic heterocycles. The summed E-state index contributed by atoms with van der Waals surface area (Å²) < 4.78 is 0. The Kier molecular flexibility index (Phi) is 5.62. The molecule has 0 saturated carbocycles. The van der Waals surface area contributed by atoms with Crippen LogP contribution in [0.4, 0.5) is 0 Å². The van der Waals surface area contributed by atoms with Gasteiger partial charge in [0.15, 0.2) is 0 Å². The highest BCUT2D eigenvalue weighted by Crippen LogP contribution is 2.23. The van der Waals surface area contributed by atoms with Crippen LogP contribution in [-0.4, -0.2) is 30.1 Å². The second kappa shape index (κ2) is 7.24. The Hall–Kier alpha value is -0.860. The highest BCUT2D eigenvalue weighted by atomic mass is 15.2. The first kappa shape index (κ1) is 15.5. The lowest BCUT2D eigenvalue weighted by atomic mass is 9.97. The van der Waals surface area contributed by atoms with Gasteiger partial charge in [-0.1, -0.05) is 44.2 Å². The lowest BCUT2D eigenvalue weighted by Crippen LogP contribution is -2.54. The summed E-state index contributed by atoms with van der Waals surface area (Å²) in [5.74, 6) is 0.806. The van der Waals surface area contributed by atoms with Gasteiger partial charge in [-0.3, -0.25) is 4.90 Å². The number of nitrogens with one attached hydrogen (secondary N) is 1. The molecule has 1 N–H and O–H groups in total. The quantitative estimate of drug-likeness (QED) is 0.877. The minimum Gasteiger partial charge on any atom is -0.307 e. The molecule has 0 bridgehead atoms. The van der Waals surface area contributed by atoms with Crippen LogP contribution in [0.2, 0.25) is 0 Å². The van der Waals surface area contributed by atoms with Crippen LogP contribution in [0.25, 0.3) is 0 Å². The highest BCUT2D eigenvalue weighted by Gasteiger charge is 2.28. The minimum atomic E-state index is 0.480. The maximum absolute atomic E-state index is 3.69. The summed E-state index contributed by atoms with van der Waals surface area (Å²) in [6.45, 7) is 11.6. The normalized spacial score (nSPS) is 25.9. The topological polar surface area (TPSA) is 15.3 Å². The van der Waals surface area contributed by atoms with Crippen LogP contribution < -0.4 is 5.32 Å². The maximum atomic E-state index is 3.69. The van der Waals surface area contributed by atoms with E-state index in [-0.39, 0.29) is 0 Å². The molecule has 2 rings (SSSR count). The number of nitrogens with zero attached hydrogens (tertiary/aromatic N) is 1. The third-order valence-electron chi connectivity index (χ3n) is 4.55. The van der Waals surface area contributed by atoms with E-state index in [4.69, 9.17) is 0 Å². The molecule has 3 unspecified atom stereocenters. The molecular weight excluding hydrogens is 244 g/mol. The predicted molar refractivity (Wildman–Crippen MR) is 86.9 cm³/mol. The van der Waals surface area contributed by atoms with Crippen molar-refractivity contribution >= 4 is 0 Å². The van der Waals surface area contributed by atoms with Crippen molar-refractivity contribution in [2.45, 2.75) is 58.7 Å². The summed E-state index contributed by atoms with van der Waals surface area (Å²) in [6.07, 6.45) is 2.64. The van der Waals surface area contributed by atoms with Crippen molar-refractivity contribution in [3.8, 4) is 0 Å². The number of piperazine rings is 1. The molecule has 2 nitrogen and oxygen atoms in total. The zero-order valence-corrected chi connectivity index (χ0v) is 13.5. The fraction of sp³-hybridized carbons (Fsp3) is 0.667. The smallest absolute Gasteiger partial charge is 0.0450 e. The maximum Gasteiger partial charge on any atom is 0.0450 e. The molecule has 20 heavy (non-hydrogen) atoms. The van der Waals surface area contributed by atoms with Gasteiger partial charge in [-0.15, -0.1) is 0 Å². The van der Waals surface area contributed by atoms with E-state index in [1.807, 2.05) is 0 Å². The summed E-state index contributed by atoms with van der Waals surface area (Å²) in [5, 5.41) is 3.69. The minimum absolute atomic E-state index is 0.480. The lowest BCUT2D eigenvalue weighted by Gasteiger charge is -2.42. The Bertz CT molecular complexity index is 388. The monoisotopic (exact) mass is 274 g/mol. The number of benzene rings is 1. The molecule has 1 aromatic carbocycles. The van der Waals surface area contributed by atoms with Gasteiger partial charge in [0.2, 0.25) is 0 Å². The van der Waals surface area contributed by atoms with E-state index in [0.29, 0.717) is 18.1 Å². The Labute approximate surface area is 124 Å². The van der Waals surface area contributed by atoms with Gasteiger partial charge in [0.1, 0.15) is 0 Å². The van der Waals surface area contributed by atoms with Crippen LogP contribution in [0, 0.1) is 5.92 Å². The molecule has 3 atom stereocenters. The summed E-state index contributed by atoms with van der Waals surface area (Å²) in [6, 6.07) is 12.7. The zero-order chi connectivity index (χ0) is 14.5. The van der Waals surface area contributed by atoms with Crippen molar-refractivity contribution in [2.75, 3.05) is 13.1 Å². The molecule has 1 heterocycles. The average Bonchev–Trinajstić information content (AvgIpc) is 2.46. The van der Waals surface area contributed by atoms with Gasteiger partial charge in [0, 0.05) is 31.2 Å². The van der Waals surface area contributed by atoms with Crippen molar-refractivity contribution in [1.82, 2.24) is 10.2 Å². The van der Waals surface area contributed by atoms with Crippen molar-refractivity contribution in [3.05, 3.63) is 35.9 Å². The van der Waals surface area contributed by atoms with E-state index < -0.39 is 0 Å². The van der Waals surface area contributed by atoms with Crippen LogP contribution in [0.5, 0.6) is 0 Å². The van der Waals surface area contributed by atoms with Gasteiger partial charge in [-0.05, 0) is 38.2 Å². The summed E-state index contributed by atoms with van der Waals surface area (Å²) >= 11 is 0. The van der Waals surface area contributed by atoms with Crippen LogP contribution in [0.3, 0.4) is 0 Å². The fourth-order valence-corrected chi connectivity index (χ4v) is 3.15. The Morgan fingerprint density at radius 2 is 1.85 bits per heavy atom. The zero-order valence-electron chi connectivity index (χ0n) is 13.5. The van der Waals surface area contributed by atoms with E-state index in [1.165, 1.54) is 18.4 Å². The first-order chi connectivity index (χ1) is 9.58. The van der Waals surface area contributed by atoms with Crippen LogP contribution in [0.1, 0.15) is 52.1 Å². The Morgan fingerprint density at radius 1 is 1.15 bits per heavy atom. The van der Waals surface area contributed by atoms with Gasteiger partial charge >= 0.3 is 0 Å². The summed E-state index contributed by atoms with van der Waals surface area (Å²) in [7, 11) is 0. The molecule has 0 aliphatic carbocycles. The number of hydrogen-bond donors (Lipinski definition) is 1. The second-order valence-electron chi connectivity index (χ2n) is 6.74. The molecule has 1 aromatic rings. The third kappa shape index (κ3) is 4.07. The molecule has 0 radical (unpaired) electrons. The van der Waals surface area contributed by atoms with Crippen LogP contribution >= 0.6 is 0 Å². The third-order valence-corrected chi connectivity index (χ3v) is 4.55. The SMILES string of the molecule is CC(C)CCC(C)N1CC(c2ccccc2)NCC1C. The predicted octanol–water partition coefficient (Wildman–Crippen LogP) is 3.85. The molecule has 1 fully saturated rings. The molecule has 112 valence electrons. The number of hydrogen-bond acceptors (Lipinski definition) is 2. The molecule has 1 saturated heterocycles. The van der Waals surface area contributed by atoms with E-state index in [9.17, 15) is 0 Å². The van der Waals surface area contributed by atoms with Crippen molar-refractivity contribution in [2.24, 2.45) is 5.92 Å². The Balaban J connectivity index is 1.97. The number of rotatable bonds is 5. The summed E-state index contributed by atoms with van der Waals surface area (Å²) in [4.78, 5) is 2.69. The van der Waals surface area contributed by atoms with Crippen molar-refractivity contribution < 1.29 is 0 Å². The van der Waals surface area contributed by atoms with Crippen LogP contribution in [0.15, 0.2) is 30.3 Å². The van der Waals surface area contributed by atoms with Crippen LogP contribution in [-0.2, 0) is 0 Å². The van der Waals surface area contributed by atoms with Gasteiger partial charge < -0.3 is 5.32 Å². The lowest BCUT2D eigenvalue weighted by molar-refractivity contribution is 0.0913. The van der Waals surface area contributed by atoms with E-state index in [2.05, 4.69) is 68.2 Å². The second-order valence-corrected chi connectivity index (χ2v) is 6.74. The molecular formula is C18H30N2. The van der Waals surface area contributed by atoms with Gasteiger partial charge in [0.05, 0.1) is 0 Å². The van der Waals surface area contributed by atoms with Gasteiger partial charge in [-0.25, -0.2) is 0 Å². The first-order valence-electron chi connectivity index (χ1n) is 8.12. The van der Waals surface area contributed by atoms with Crippen molar-refractivity contribution in [1.29, 1.82) is 0 Å². The molecule has 1 aliphatic rings. The van der Waals surface area contributed by atoms with Gasteiger partial charge in [-0.2, -0.15) is 0 Å². The first-order valence-corrected chi connectivity index (χ1v) is 8.12. The molecule has 2 heteroatoms. The standard InChI is InChI=1S/C18H30N2/c1-14(2)10-11-15(3)20-13-18(19-12-16(20)4)17-8-6-5-7-9-17/h5-9,14-16,18-19H,10-13H2,1-4H3. The summed E-state index contributed by atoms with van der Waals surface area (Å²) in [5.41, 5.74) is 1.42. The molecule has 0 amide bonds. The van der Waals surface area contributed by atoms with E-state index >= 15 is 0 Å². The molecule has 1 aliphatic heterocycles.